The minimum atomic E-state index is -1.02. The van der Waals surface area contributed by atoms with Gasteiger partial charge < -0.3 is 31.1 Å². The number of nitrogens with one attached hydrogen (secondary N) is 1. The lowest BCUT2D eigenvalue weighted by Crippen LogP contribution is -2.71. The van der Waals surface area contributed by atoms with Crippen molar-refractivity contribution in [3.8, 4) is 0 Å². The highest BCUT2D eigenvalue weighted by atomic mass is 32.2. The summed E-state index contributed by atoms with van der Waals surface area (Å²) in [4.78, 5) is 62.6. The quantitative estimate of drug-likeness (QED) is 0.0451. The molecule has 1 unspecified atom stereocenters. The van der Waals surface area contributed by atoms with Gasteiger partial charge in [0, 0.05) is 30.1 Å². The number of amides is 2. The van der Waals surface area contributed by atoms with Gasteiger partial charge in [-0.2, -0.15) is 9.36 Å². The molecule has 0 aromatic carbocycles. The summed E-state index contributed by atoms with van der Waals surface area (Å²) in [6.07, 6.45) is 0.494. The van der Waals surface area contributed by atoms with Crippen LogP contribution in [-0.4, -0.2) is 107 Å². The second-order valence-corrected chi connectivity index (χ2v) is 13.1. The number of tetrazole rings is 1. The van der Waals surface area contributed by atoms with E-state index in [4.69, 9.17) is 25.8 Å². The van der Waals surface area contributed by atoms with Crippen molar-refractivity contribution >= 4 is 69.7 Å². The van der Waals surface area contributed by atoms with Gasteiger partial charge in [0.15, 0.2) is 5.13 Å². The fourth-order valence-electron chi connectivity index (χ4n) is 3.68. The average Bonchev–Trinajstić information content (AvgIpc) is 3.60. The number of hydrogen-bond donors (Lipinski definition) is 3. The molecule has 0 radical (unpaired) electrons. The Kier molecular flexibility index (Phi) is 10.8. The van der Waals surface area contributed by atoms with Crippen LogP contribution in [0.1, 0.15) is 33.0 Å². The van der Waals surface area contributed by atoms with E-state index in [1.807, 2.05) is 0 Å². The van der Waals surface area contributed by atoms with Gasteiger partial charge in [0.25, 0.3) is 11.8 Å². The van der Waals surface area contributed by atoms with E-state index >= 15 is 0 Å². The number of fused-ring (bicyclic) bond motifs is 1. The Bertz CT molecular complexity index is 1470. The third-order valence-corrected chi connectivity index (χ3v) is 8.92. The van der Waals surface area contributed by atoms with Crippen molar-refractivity contribution in [3.63, 3.8) is 0 Å². The van der Waals surface area contributed by atoms with Crippen LogP contribution >= 0.6 is 35.1 Å². The van der Waals surface area contributed by atoms with Crippen molar-refractivity contribution in [2.45, 2.75) is 43.8 Å². The zero-order valence-corrected chi connectivity index (χ0v) is 26.7. The Morgan fingerprint density at radius 2 is 2.02 bits per heavy atom. The third kappa shape index (κ3) is 7.63. The number of carbonyl (C=O) groups is 4. The van der Waals surface area contributed by atoms with Gasteiger partial charge >= 0.3 is 11.9 Å². The molecule has 238 valence electrons. The zero-order valence-electron chi connectivity index (χ0n) is 24.2. The molecule has 44 heavy (non-hydrogen) atoms. The number of oxime groups is 1. The Balaban J connectivity index is 1.51. The molecule has 4 rings (SSSR count). The number of nitrogens with two attached hydrogens (primary N) is 2. The predicted octanol–water partition coefficient (Wildman–Crippen LogP) is -0.750. The van der Waals surface area contributed by atoms with E-state index in [0.717, 1.165) is 11.5 Å². The van der Waals surface area contributed by atoms with Crippen molar-refractivity contribution < 1.29 is 33.5 Å². The molecule has 2 aliphatic heterocycles. The van der Waals surface area contributed by atoms with Gasteiger partial charge in [-0.05, 0) is 49.7 Å². The number of esters is 2. The van der Waals surface area contributed by atoms with E-state index in [1.165, 1.54) is 33.1 Å². The Labute approximate surface area is 263 Å². The first-order chi connectivity index (χ1) is 20.9. The molecule has 2 aromatic heterocycles. The average molecular weight is 670 g/mol. The molecule has 18 nitrogen and oxygen atoms in total. The van der Waals surface area contributed by atoms with Crippen molar-refractivity contribution in [1.82, 2.24) is 39.8 Å². The summed E-state index contributed by atoms with van der Waals surface area (Å²) < 4.78 is 15.8. The zero-order chi connectivity index (χ0) is 32.0. The Morgan fingerprint density at radius 3 is 2.66 bits per heavy atom. The van der Waals surface area contributed by atoms with Crippen LogP contribution in [0.25, 0.3) is 0 Å². The topological polar surface area (TPSA) is 245 Å². The van der Waals surface area contributed by atoms with E-state index in [-0.39, 0.29) is 34.7 Å². The van der Waals surface area contributed by atoms with Gasteiger partial charge in [-0.3, -0.25) is 19.3 Å². The molecule has 0 saturated carbocycles. The summed E-state index contributed by atoms with van der Waals surface area (Å²) in [5.74, 6) is -2.25. The second-order valence-electron chi connectivity index (χ2n) is 10.3. The highest BCUT2D eigenvalue weighted by Crippen LogP contribution is 2.42. The molecule has 1 fully saturated rings. The van der Waals surface area contributed by atoms with E-state index in [0.29, 0.717) is 29.4 Å². The lowest BCUT2D eigenvalue weighted by molar-refractivity contribution is -0.173. The monoisotopic (exact) mass is 669 g/mol. The summed E-state index contributed by atoms with van der Waals surface area (Å²) in [7, 11) is 1.67. The minimum absolute atomic E-state index is 0.00775. The van der Waals surface area contributed by atoms with Gasteiger partial charge in [0.05, 0.1) is 5.41 Å². The van der Waals surface area contributed by atoms with Crippen LogP contribution in [-0.2, 0) is 40.5 Å². The molecule has 0 bridgehead atoms. The van der Waals surface area contributed by atoms with Crippen molar-refractivity contribution in [1.29, 1.82) is 0 Å². The fourth-order valence-corrected chi connectivity index (χ4v) is 6.45. The number of rotatable bonds is 13. The van der Waals surface area contributed by atoms with Crippen LogP contribution in [0.2, 0.25) is 0 Å². The molecule has 0 spiro atoms. The van der Waals surface area contributed by atoms with Crippen molar-refractivity contribution in [3.05, 3.63) is 17.1 Å². The fraction of sp³-hybridized carbons (Fsp3) is 0.565. The summed E-state index contributed by atoms with van der Waals surface area (Å²) >= 11 is 3.47. The van der Waals surface area contributed by atoms with Crippen LogP contribution in [0.4, 0.5) is 5.13 Å². The lowest BCUT2D eigenvalue weighted by atomic mass is 9.98. The summed E-state index contributed by atoms with van der Waals surface area (Å²) in [5.41, 5.74) is 10.6. The molecule has 2 amide bonds. The molecular formula is C23H31N11O7S3. The van der Waals surface area contributed by atoms with Crippen molar-refractivity contribution in [2.24, 2.45) is 23.4 Å². The number of carbonyl (C=O) groups excluding carboxylic acids is 4. The van der Waals surface area contributed by atoms with Gasteiger partial charge in [0.1, 0.15) is 23.7 Å². The minimum Gasteiger partial charge on any atom is -0.427 e. The van der Waals surface area contributed by atoms with Gasteiger partial charge in [-0.1, -0.05) is 16.9 Å². The standard InChI is InChI=1S/C23H31N11O7S3/c1-23(2,3)20(38)40-10-39-19(37)14-11(9-43-22-28-31-32-33(22)4)8-42-18-13(17(36)34(14)18)26-16(35)12(29-41-7-5-6-24)15-27-21(25)44-30-15/h13,18H,5-10,24H2,1-4H3,(H,26,35)(H2,25,27,30)/t13?,18-/m0/s1. The van der Waals surface area contributed by atoms with Crippen LogP contribution in [0.5, 0.6) is 0 Å². The number of nitrogen functional groups attached to an aromatic ring is 1. The number of anilines is 1. The lowest BCUT2D eigenvalue weighted by Gasteiger charge is -2.49. The highest BCUT2D eigenvalue weighted by Gasteiger charge is 2.55. The SMILES string of the molecule is Cn1nnnc1SCC1=C(C(=O)OCOC(=O)C(C)(C)C)N2C(=O)C(NC(=O)C(=NOCCCN)c3nsc(N)n3)[C@@H]2SC1. The first-order valence-corrected chi connectivity index (χ1v) is 15.9. The first-order valence-electron chi connectivity index (χ1n) is 13.1. The maximum Gasteiger partial charge on any atom is 0.357 e. The highest BCUT2D eigenvalue weighted by molar-refractivity contribution is 8.01. The molecule has 2 aliphatic rings. The molecule has 0 aliphatic carbocycles. The van der Waals surface area contributed by atoms with Gasteiger partial charge in [-0.25, -0.2) is 9.48 Å². The number of ether oxygens (including phenoxy) is 2. The number of β-lactam (4-membered cyclic amide) rings is 1. The predicted molar refractivity (Wildman–Crippen MR) is 159 cm³/mol. The third-order valence-electron chi connectivity index (χ3n) is 5.94. The van der Waals surface area contributed by atoms with Crippen LogP contribution in [0.3, 0.4) is 0 Å². The smallest absolute Gasteiger partial charge is 0.357 e. The normalized spacial score (nSPS) is 18.4. The van der Waals surface area contributed by atoms with Crippen molar-refractivity contribution in [2.75, 3.05) is 37.2 Å². The first kappa shape index (κ1) is 33.1. The number of aromatic nitrogens is 6. The van der Waals surface area contributed by atoms with Crippen LogP contribution < -0.4 is 16.8 Å². The van der Waals surface area contributed by atoms with E-state index in [1.54, 1.807) is 27.8 Å². The number of aryl methyl sites for hydroxylation is 1. The van der Waals surface area contributed by atoms with Gasteiger partial charge in [-0.15, -0.1) is 16.9 Å². The molecule has 2 atom stereocenters. The Hall–Kier alpha value is -3.82. The number of nitrogens with zero attached hydrogens (tertiary/aromatic N) is 8. The molecular weight excluding hydrogens is 639 g/mol. The molecule has 21 heteroatoms. The van der Waals surface area contributed by atoms with Crippen LogP contribution in [0.15, 0.2) is 21.6 Å². The van der Waals surface area contributed by atoms with E-state index < -0.39 is 47.4 Å². The summed E-state index contributed by atoms with van der Waals surface area (Å²) in [6, 6.07) is -1.02. The van der Waals surface area contributed by atoms with Gasteiger partial charge in [0.2, 0.25) is 23.5 Å². The second kappa shape index (κ2) is 14.3. The number of hydrogen-bond acceptors (Lipinski definition) is 18. The number of thioether (sulfide) groups is 2. The molecule has 2 aromatic rings. The molecule has 1 saturated heterocycles. The summed E-state index contributed by atoms with van der Waals surface area (Å²) in [5, 5.41) is 17.8. The molecule has 5 N–H and O–H groups in total. The molecule has 4 heterocycles. The maximum atomic E-state index is 13.4. The van der Waals surface area contributed by atoms with E-state index in [9.17, 15) is 19.2 Å². The van der Waals surface area contributed by atoms with Crippen LogP contribution in [0, 0.1) is 5.41 Å². The largest absolute Gasteiger partial charge is 0.427 e. The maximum absolute atomic E-state index is 13.4. The van der Waals surface area contributed by atoms with E-state index in [2.05, 4.69) is 35.4 Å². The Morgan fingerprint density at radius 1 is 1.25 bits per heavy atom. The summed E-state index contributed by atoms with van der Waals surface area (Å²) in [6.45, 7) is 4.85.